The Morgan fingerprint density at radius 3 is 2.90 bits per heavy atom. The van der Waals surface area contributed by atoms with Crippen LogP contribution >= 0.6 is 11.6 Å². The average Bonchev–Trinajstić information content (AvgIpc) is 2.45. The van der Waals surface area contributed by atoms with Crippen molar-refractivity contribution >= 4 is 17.3 Å². The number of anilines is 1. The van der Waals surface area contributed by atoms with Crippen LogP contribution in [0.4, 0.5) is 5.69 Å². The summed E-state index contributed by atoms with van der Waals surface area (Å²) in [5, 5.41) is 13.8. The molecule has 4 heteroatoms. The first-order chi connectivity index (χ1) is 9.61. The summed E-state index contributed by atoms with van der Waals surface area (Å²) in [5.74, 6) is 0. The maximum Gasteiger partial charge on any atom is 0.0635 e. The molecule has 1 atom stereocenters. The number of benzene rings is 1. The predicted molar refractivity (Wildman–Crippen MR) is 85.5 cm³/mol. The number of aliphatic hydroxyl groups excluding tert-OH is 1. The van der Waals surface area contributed by atoms with Crippen molar-refractivity contribution in [3.63, 3.8) is 0 Å². The van der Waals surface area contributed by atoms with E-state index in [9.17, 15) is 5.11 Å². The van der Waals surface area contributed by atoms with Gasteiger partial charge in [-0.05, 0) is 43.0 Å². The van der Waals surface area contributed by atoms with Crippen LogP contribution < -0.4 is 10.2 Å². The van der Waals surface area contributed by atoms with Gasteiger partial charge in [0, 0.05) is 29.8 Å². The van der Waals surface area contributed by atoms with Crippen LogP contribution in [0.3, 0.4) is 0 Å². The highest BCUT2D eigenvalue weighted by Gasteiger charge is 2.23. The molecule has 0 aromatic heterocycles. The van der Waals surface area contributed by atoms with E-state index < -0.39 is 0 Å². The fraction of sp³-hybridized carbons (Fsp3) is 0.625. The van der Waals surface area contributed by atoms with Crippen LogP contribution in [0.2, 0.25) is 5.02 Å². The Hall–Kier alpha value is -0.770. The van der Waals surface area contributed by atoms with Crippen molar-refractivity contribution in [1.82, 2.24) is 5.32 Å². The molecule has 2 N–H and O–H groups in total. The summed E-state index contributed by atoms with van der Waals surface area (Å²) in [5.41, 5.74) is 2.42. The normalized spacial score (nSPS) is 19.6. The molecule has 1 aromatic carbocycles. The van der Waals surface area contributed by atoms with Crippen LogP contribution in [0.1, 0.15) is 38.7 Å². The SMILES string of the molecule is CC(C)NCc1cc(Cl)ccc1N1CCCCC1CO. The van der Waals surface area contributed by atoms with E-state index in [4.69, 9.17) is 11.6 Å². The first-order valence-corrected chi connectivity index (χ1v) is 7.89. The molecule has 0 saturated carbocycles. The first-order valence-electron chi connectivity index (χ1n) is 7.51. The second-order valence-corrected chi connectivity index (χ2v) is 6.27. The molecule has 1 aromatic rings. The van der Waals surface area contributed by atoms with E-state index in [-0.39, 0.29) is 12.6 Å². The molecule has 1 unspecified atom stereocenters. The third-order valence-corrected chi connectivity index (χ3v) is 4.12. The molecule has 1 saturated heterocycles. The lowest BCUT2D eigenvalue weighted by molar-refractivity contribution is 0.240. The van der Waals surface area contributed by atoms with Crippen LogP contribution in [-0.4, -0.2) is 30.3 Å². The van der Waals surface area contributed by atoms with Crippen molar-refractivity contribution < 1.29 is 5.11 Å². The lowest BCUT2D eigenvalue weighted by atomic mass is 10.00. The highest BCUT2D eigenvalue weighted by atomic mass is 35.5. The van der Waals surface area contributed by atoms with E-state index in [1.54, 1.807) is 0 Å². The smallest absolute Gasteiger partial charge is 0.0635 e. The lowest BCUT2D eigenvalue weighted by Gasteiger charge is -2.38. The summed E-state index contributed by atoms with van der Waals surface area (Å²) in [6.07, 6.45) is 3.46. The zero-order valence-electron chi connectivity index (χ0n) is 12.4. The fourth-order valence-corrected chi connectivity index (χ4v) is 2.99. The predicted octanol–water partition coefficient (Wildman–Crippen LogP) is 3.19. The number of hydrogen-bond donors (Lipinski definition) is 2. The number of hydrogen-bond acceptors (Lipinski definition) is 3. The molecule has 3 nitrogen and oxygen atoms in total. The molecule has 1 heterocycles. The van der Waals surface area contributed by atoms with Crippen LogP contribution in [0, 0.1) is 0 Å². The molecule has 1 fully saturated rings. The molecule has 0 spiro atoms. The zero-order valence-corrected chi connectivity index (χ0v) is 13.2. The molecular formula is C16H25ClN2O. The Bertz CT molecular complexity index is 436. The van der Waals surface area contributed by atoms with Crippen molar-refractivity contribution in [3.05, 3.63) is 28.8 Å². The Morgan fingerprint density at radius 2 is 2.20 bits per heavy atom. The van der Waals surface area contributed by atoms with Crippen LogP contribution in [0.25, 0.3) is 0 Å². The number of nitrogens with one attached hydrogen (secondary N) is 1. The van der Waals surface area contributed by atoms with Gasteiger partial charge in [-0.3, -0.25) is 0 Å². The van der Waals surface area contributed by atoms with Crippen molar-refractivity contribution in [2.24, 2.45) is 0 Å². The molecule has 20 heavy (non-hydrogen) atoms. The van der Waals surface area contributed by atoms with Gasteiger partial charge in [0.15, 0.2) is 0 Å². The monoisotopic (exact) mass is 296 g/mol. The summed E-state index contributed by atoms with van der Waals surface area (Å²) >= 11 is 6.15. The van der Waals surface area contributed by atoms with Gasteiger partial charge in [-0.25, -0.2) is 0 Å². The first kappa shape index (κ1) is 15.6. The number of halogens is 1. The molecule has 1 aliphatic rings. The molecule has 0 radical (unpaired) electrons. The average molecular weight is 297 g/mol. The summed E-state index contributed by atoms with van der Waals surface area (Å²) < 4.78 is 0. The van der Waals surface area contributed by atoms with E-state index in [2.05, 4.69) is 30.1 Å². The Labute approximate surface area is 126 Å². The second-order valence-electron chi connectivity index (χ2n) is 5.83. The van der Waals surface area contributed by atoms with Gasteiger partial charge < -0.3 is 15.3 Å². The third-order valence-electron chi connectivity index (χ3n) is 3.89. The topological polar surface area (TPSA) is 35.5 Å². The quantitative estimate of drug-likeness (QED) is 0.876. The van der Waals surface area contributed by atoms with Gasteiger partial charge in [-0.1, -0.05) is 25.4 Å². The molecule has 1 aliphatic heterocycles. The minimum Gasteiger partial charge on any atom is -0.394 e. The Morgan fingerprint density at radius 1 is 1.40 bits per heavy atom. The number of nitrogens with zero attached hydrogens (tertiary/aromatic N) is 1. The van der Waals surface area contributed by atoms with Gasteiger partial charge in [-0.15, -0.1) is 0 Å². The minimum atomic E-state index is 0.222. The van der Waals surface area contributed by atoms with Crippen molar-refractivity contribution in [1.29, 1.82) is 0 Å². The summed E-state index contributed by atoms with van der Waals surface area (Å²) in [6, 6.07) is 6.75. The summed E-state index contributed by atoms with van der Waals surface area (Å²) in [4.78, 5) is 2.34. The molecule has 0 bridgehead atoms. The van der Waals surface area contributed by atoms with Gasteiger partial charge in [-0.2, -0.15) is 0 Å². The molecule has 2 rings (SSSR count). The van der Waals surface area contributed by atoms with E-state index in [1.807, 2.05) is 12.1 Å². The fourth-order valence-electron chi connectivity index (χ4n) is 2.80. The maximum absolute atomic E-state index is 9.60. The second kappa shape index (κ2) is 7.30. The highest BCUT2D eigenvalue weighted by molar-refractivity contribution is 6.30. The highest BCUT2D eigenvalue weighted by Crippen LogP contribution is 2.30. The third kappa shape index (κ3) is 3.87. The van der Waals surface area contributed by atoms with Gasteiger partial charge in [0.2, 0.25) is 0 Å². The van der Waals surface area contributed by atoms with Crippen molar-refractivity contribution in [2.75, 3.05) is 18.1 Å². The molecular weight excluding hydrogens is 272 g/mol. The van der Waals surface area contributed by atoms with Crippen LogP contribution in [-0.2, 0) is 6.54 Å². The number of rotatable bonds is 5. The van der Waals surface area contributed by atoms with Crippen LogP contribution in [0.5, 0.6) is 0 Å². The van der Waals surface area contributed by atoms with E-state index in [0.29, 0.717) is 6.04 Å². The van der Waals surface area contributed by atoms with Gasteiger partial charge in [0.05, 0.1) is 12.6 Å². The van der Waals surface area contributed by atoms with Crippen molar-refractivity contribution in [3.8, 4) is 0 Å². The van der Waals surface area contributed by atoms with E-state index >= 15 is 0 Å². The maximum atomic E-state index is 9.60. The molecule has 0 amide bonds. The van der Waals surface area contributed by atoms with Crippen LogP contribution in [0.15, 0.2) is 18.2 Å². The lowest BCUT2D eigenvalue weighted by Crippen LogP contribution is -2.42. The minimum absolute atomic E-state index is 0.222. The zero-order chi connectivity index (χ0) is 14.5. The molecule has 0 aliphatic carbocycles. The van der Waals surface area contributed by atoms with E-state index in [1.165, 1.54) is 24.1 Å². The largest absolute Gasteiger partial charge is 0.394 e. The Balaban J connectivity index is 2.24. The number of aliphatic hydroxyl groups is 1. The number of piperidine rings is 1. The standard InChI is InChI=1S/C16H25ClN2O/c1-12(2)18-10-13-9-14(17)6-7-16(13)19-8-4-3-5-15(19)11-20/h6-7,9,12,15,18,20H,3-5,8,10-11H2,1-2H3. The molecule has 112 valence electrons. The van der Waals surface area contributed by atoms with Gasteiger partial charge >= 0.3 is 0 Å². The van der Waals surface area contributed by atoms with Gasteiger partial charge in [0.1, 0.15) is 0 Å². The van der Waals surface area contributed by atoms with E-state index in [0.717, 1.165) is 24.5 Å². The summed E-state index contributed by atoms with van der Waals surface area (Å²) in [7, 11) is 0. The Kier molecular flexibility index (Phi) is 5.70. The summed E-state index contributed by atoms with van der Waals surface area (Å²) in [6.45, 7) is 6.33. The van der Waals surface area contributed by atoms with Crippen molar-refractivity contribution in [2.45, 2.75) is 51.7 Å². The van der Waals surface area contributed by atoms with Gasteiger partial charge in [0.25, 0.3) is 0 Å².